The summed E-state index contributed by atoms with van der Waals surface area (Å²) in [4.78, 5) is 20.1. The van der Waals surface area contributed by atoms with E-state index in [4.69, 9.17) is 0 Å². The van der Waals surface area contributed by atoms with E-state index in [2.05, 4.69) is 5.32 Å². The first-order valence-corrected chi connectivity index (χ1v) is 2.58. The molecule has 0 aromatic heterocycles. The minimum Gasteiger partial charge on any atom is -0.299 e. The second kappa shape index (κ2) is 1.94. The van der Waals surface area contributed by atoms with Gasteiger partial charge in [-0.25, -0.2) is 0 Å². The molecule has 0 spiro atoms. The Bertz CT molecular complexity index is 118. The molecule has 0 aromatic rings. The summed E-state index contributed by atoms with van der Waals surface area (Å²) in [5.74, 6) is 0.0141. The zero-order valence-corrected chi connectivity index (χ0v) is 4.39. The van der Waals surface area contributed by atoms with E-state index < -0.39 is 0 Å². The average molecular weight is 113 g/mol. The number of carbonyl (C=O) groups excluding carboxylic acids is 2. The van der Waals surface area contributed by atoms with Gasteiger partial charge in [-0.2, -0.15) is 0 Å². The third kappa shape index (κ3) is 1.05. The highest BCUT2D eigenvalue weighted by Gasteiger charge is 2.28. The highest BCUT2D eigenvalue weighted by molar-refractivity contribution is 5.89. The molecule has 0 saturated heterocycles. The molecule has 8 heavy (non-hydrogen) atoms. The maximum absolute atomic E-state index is 10.5. The molecule has 44 valence electrons. The van der Waals surface area contributed by atoms with Crippen LogP contribution in [-0.4, -0.2) is 12.3 Å². The van der Waals surface area contributed by atoms with Gasteiger partial charge in [-0.05, 0) is 12.8 Å². The molecular formula is C5H7NO2. The first-order chi connectivity index (χ1) is 3.84. The molecule has 3 nitrogen and oxygen atoms in total. The van der Waals surface area contributed by atoms with Crippen molar-refractivity contribution in [3.8, 4) is 0 Å². The monoisotopic (exact) mass is 113 g/mol. The normalized spacial score (nSPS) is 17.5. The number of rotatable bonds is 2. The SMILES string of the molecule is O=CNC(=O)C1CC1. The Kier molecular flexibility index (Phi) is 1.28. The lowest BCUT2D eigenvalue weighted by molar-refractivity contribution is -0.126. The molecule has 1 fully saturated rings. The Morgan fingerprint density at radius 2 is 2.25 bits per heavy atom. The maximum atomic E-state index is 10.5. The Morgan fingerprint density at radius 3 is 2.62 bits per heavy atom. The van der Waals surface area contributed by atoms with Gasteiger partial charge in [-0.15, -0.1) is 0 Å². The summed E-state index contributed by atoms with van der Waals surface area (Å²) in [6.07, 6.45) is 2.32. The molecule has 1 N–H and O–H groups in total. The van der Waals surface area contributed by atoms with Gasteiger partial charge in [0.25, 0.3) is 0 Å². The third-order valence-electron chi connectivity index (χ3n) is 1.15. The quantitative estimate of drug-likeness (QED) is 0.498. The van der Waals surface area contributed by atoms with Crippen molar-refractivity contribution in [2.75, 3.05) is 0 Å². The fourth-order valence-corrected chi connectivity index (χ4v) is 0.521. The smallest absolute Gasteiger partial charge is 0.229 e. The molecule has 0 unspecified atom stereocenters. The van der Waals surface area contributed by atoms with Gasteiger partial charge in [0.05, 0.1) is 0 Å². The van der Waals surface area contributed by atoms with Gasteiger partial charge >= 0.3 is 0 Å². The van der Waals surface area contributed by atoms with Crippen LogP contribution in [-0.2, 0) is 9.59 Å². The summed E-state index contributed by atoms with van der Waals surface area (Å²) in [6.45, 7) is 0. The Hall–Kier alpha value is -0.860. The Labute approximate surface area is 47.1 Å². The highest BCUT2D eigenvalue weighted by atomic mass is 16.2. The lowest BCUT2D eigenvalue weighted by Gasteiger charge is -1.88. The number of amides is 2. The van der Waals surface area contributed by atoms with Crippen molar-refractivity contribution in [2.24, 2.45) is 5.92 Å². The van der Waals surface area contributed by atoms with Crippen LogP contribution < -0.4 is 5.32 Å². The van der Waals surface area contributed by atoms with Gasteiger partial charge in [0.2, 0.25) is 12.3 Å². The van der Waals surface area contributed by atoms with Gasteiger partial charge in [-0.3, -0.25) is 14.9 Å². The van der Waals surface area contributed by atoms with Crippen LogP contribution in [0.25, 0.3) is 0 Å². The zero-order valence-electron chi connectivity index (χ0n) is 4.39. The van der Waals surface area contributed by atoms with Gasteiger partial charge < -0.3 is 0 Å². The van der Waals surface area contributed by atoms with E-state index in [0.29, 0.717) is 6.41 Å². The number of carbonyl (C=O) groups is 2. The van der Waals surface area contributed by atoms with Crippen molar-refractivity contribution < 1.29 is 9.59 Å². The van der Waals surface area contributed by atoms with Crippen LogP contribution in [0.3, 0.4) is 0 Å². The predicted octanol–water partition coefficient (Wildman–Crippen LogP) is -0.331. The van der Waals surface area contributed by atoms with Crippen molar-refractivity contribution in [1.29, 1.82) is 0 Å². The van der Waals surface area contributed by atoms with Gasteiger partial charge in [0, 0.05) is 5.92 Å². The molecule has 2 amide bonds. The van der Waals surface area contributed by atoms with Gasteiger partial charge in [0.15, 0.2) is 0 Å². The second-order valence-electron chi connectivity index (χ2n) is 1.90. The molecule has 1 saturated carbocycles. The summed E-state index contributed by atoms with van der Waals surface area (Å²) >= 11 is 0. The average Bonchev–Trinajstić information content (AvgIpc) is 2.45. The molecular weight excluding hydrogens is 106 g/mol. The Morgan fingerprint density at radius 1 is 1.62 bits per heavy atom. The lowest BCUT2D eigenvalue weighted by Crippen LogP contribution is -2.22. The van der Waals surface area contributed by atoms with Crippen molar-refractivity contribution in [1.82, 2.24) is 5.32 Å². The number of hydrogen-bond donors (Lipinski definition) is 1. The van der Waals surface area contributed by atoms with E-state index in [9.17, 15) is 9.59 Å². The molecule has 0 bridgehead atoms. The van der Waals surface area contributed by atoms with E-state index in [1.54, 1.807) is 0 Å². The third-order valence-corrected chi connectivity index (χ3v) is 1.15. The predicted molar refractivity (Wildman–Crippen MR) is 26.9 cm³/mol. The number of imide groups is 1. The minimum absolute atomic E-state index is 0.125. The van der Waals surface area contributed by atoms with Crippen molar-refractivity contribution in [3.05, 3.63) is 0 Å². The Balaban J connectivity index is 2.22. The first kappa shape index (κ1) is 5.28. The molecule has 0 radical (unpaired) electrons. The summed E-state index contributed by atoms with van der Waals surface area (Å²) in [5.41, 5.74) is 0. The number of hydrogen-bond acceptors (Lipinski definition) is 2. The summed E-state index contributed by atoms with van der Waals surface area (Å²) < 4.78 is 0. The van der Waals surface area contributed by atoms with E-state index in [1.807, 2.05) is 0 Å². The molecule has 1 aliphatic rings. The van der Waals surface area contributed by atoms with Crippen LogP contribution in [0.15, 0.2) is 0 Å². The molecule has 0 aromatic carbocycles. The minimum atomic E-state index is -0.125. The van der Waals surface area contributed by atoms with E-state index in [-0.39, 0.29) is 11.8 Å². The van der Waals surface area contributed by atoms with Crippen LogP contribution in [0, 0.1) is 5.92 Å². The molecule has 1 rings (SSSR count). The summed E-state index contributed by atoms with van der Waals surface area (Å²) in [6, 6.07) is 0. The van der Waals surface area contributed by atoms with Crippen LogP contribution in [0.4, 0.5) is 0 Å². The number of nitrogens with one attached hydrogen (secondary N) is 1. The molecule has 1 aliphatic carbocycles. The fourth-order valence-electron chi connectivity index (χ4n) is 0.521. The van der Waals surface area contributed by atoms with Crippen LogP contribution in [0.1, 0.15) is 12.8 Å². The maximum Gasteiger partial charge on any atom is 0.229 e. The summed E-state index contributed by atoms with van der Waals surface area (Å²) in [5, 5.41) is 2.09. The fraction of sp³-hybridized carbons (Fsp3) is 0.600. The van der Waals surface area contributed by atoms with E-state index in [0.717, 1.165) is 12.8 Å². The second-order valence-corrected chi connectivity index (χ2v) is 1.90. The van der Waals surface area contributed by atoms with E-state index >= 15 is 0 Å². The molecule has 0 aliphatic heterocycles. The largest absolute Gasteiger partial charge is 0.299 e. The van der Waals surface area contributed by atoms with Crippen molar-refractivity contribution in [2.45, 2.75) is 12.8 Å². The van der Waals surface area contributed by atoms with E-state index in [1.165, 1.54) is 0 Å². The van der Waals surface area contributed by atoms with Crippen molar-refractivity contribution >= 4 is 12.3 Å². The van der Waals surface area contributed by atoms with Crippen LogP contribution in [0.2, 0.25) is 0 Å². The highest BCUT2D eigenvalue weighted by Crippen LogP contribution is 2.28. The molecule has 3 heteroatoms. The standard InChI is InChI=1S/C5H7NO2/c7-3-6-5(8)4-1-2-4/h3-4H,1-2H2,(H,6,7,8). The molecule has 0 atom stereocenters. The van der Waals surface area contributed by atoms with Crippen LogP contribution in [0.5, 0.6) is 0 Å². The van der Waals surface area contributed by atoms with Gasteiger partial charge in [-0.1, -0.05) is 0 Å². The van der Waals surface area contributed by atoms with Crippen molar-refractivity contribution in [3.63, 3.8) is 0 Å². The molecule has 0 heterocycles. The topological polar surface area (TPSA) is 46.2 Å². The first-order valence-electron chi connectivity index (χ1n) is 2.58. The zero-order chi connectivity index (χ0) is 5.98. The lowest BCUT2D eigenvalue weighted by atomic mass is 10.4. The summed E-state index contributed by atoms with van der Waals surface area (Å²) in [7, 11) is 0. The van der Waals surface area contributed by atoms with Gasteiger partial charge in [0.1, 0.15) is 0 Å². The van der Waals surface area contributed by atoms with Crippen LogP contribution >= 0.6 is 0 Å².